The SMILES string of the molecule is CCCCC(Cl)(Cl)CCCCCCC(=O)OC. The van der Waals surface area contributed by atoms with Gasteiger partial charge in [-0.05, 0) is 19.3 Å². The summed E-state index contributed by atoms with van der Waals surface area (Å²) in [5.74, 6) is -0.128. The monoisotopic (exact) mass is 282 g/mol. The van der Waals surface area contributed by atoms with Crippen molar-refractivity contribution < 1.29 is 9.53 Å². The van der Waals surface area contributed by atoms with Crippen molar-refractivity contribution in [2.75, 3.05) is 7.11 Å². The molecule has 0 aromatic carbocycles. The van der Waals surface area contributed by atoms with Crippen LogP contribution >= 0.6 is 23.2 Å². The molecule has 0 bridgehead atoms. The third-order valence-corrected chi connectivity index (χ3v) is 3.55. The summed E-state index contributed by atoms with van der Waals surface area (Å²) < 4.78 is 4.02. The normalized spacial score (nSPS) is 11.5. The van der Waals surface area contributed by atoms with Crippen LogP contribution in [0.15, 0.2) is 0 Å². The summed E-state index contributed by atoms with van der Waals surface area (Å²) in [5.41, 5.74) is 0. The molecule has 0 spiro atoms. The van der Waals surface area contributed by atoms with Crippen molar-refractivity contribution in [1.82, 2.24) is 0 Å². The number of methoxy groups -OCH3 is 1. The van der Waals surface area contributed by atoms with Crippen LogP contribution in [-0.2, 0) is 9.53 Å². The summed E-state index contributed by atoms with van der Waals surface area (Å²) in [7, 11) is 1.42. The highest BCUT2D eigenvalue weighted by Crippen LogP contribution is 2.33. The Morgan fingerprint density at radius 3 is 2.24 bits per heavy atom. The van der Waals surface area contributed by atoms with E-state index in [2.05, 4.69) is 11.7 Å². The van der Waals surface area contributed by atoms with E-state index in [0.717, 1.165) is 51.4 Å². The van der Waals surface area contributed by atoms with E-state index in [9.17, 15) is 4.79 Å². The molecule has 0 unspecified atom stereocenters. The first-order valence-electron chi connectivity index (χ1n) is 6.46. The molecular formula is C13H24Cl2O2. The molecule has 0 saturated carbocycles. The number of alkyl halides is 2. The zero-order valence-corrected chi connectivity index (χ0v) is 12.4. The Morgan fingerprint density at radius 1 is 1.06 bits per heavy atom. The Labute approximate surface area is 115 Å². The van der Waals surface area contributed by atoms with Crippen molar-refractivity contribution in [3.63, 3.8) is 0 Å². The highest BCUT2D eigenvalue weighted by Gasteiger charge is 2.21. The van der Waals surface area contributed by atoms with Crippen molar-refractivity contribution in [1.29, 1.82) is 0 Å². The number of unbranched alkanes of at least 4 members (excludes halogenated alkanes) is 4. The number of rotatable bonds is 10. The van der Waals surface area contributed by atoms with Gasteiger partial charge >= 0.3 is 5.97 Å². The van der Waals surface area contributed by atoms with E-state index < -0.39 is 4.33 Å². The Kier molecular flexibility index (Phi) is 10.0. The molecule has 0 amide bonds. The molecule has 102 valence electrons. The average molecular weight is 283 g/mol. The van der Waals surface area contributed by atoms with E-state index in [0.29, 0.717) is 6.42 Å². The van der Waals surface area contributed by atoms with E-state index >= 15 is 0 Å². The lowest BCUT2D eigenvalue weighted by molar-refractivity contribution is -0.140. The maximum atomic E-state index is 10.9. The van der Waals surface area contributed by atoms with Gasteiger partial charge in [0.25, 0.3) is 0 Å². The highest BCUT2D eigenvalue weighted by molar-refractivity contribution is 6.48. The van der Waals surface area contributed by atoms with Crippen molar-refractivity contribution in [3.05, 3.63) is 0 Å². The van der Waals surface area contributed by atoms with E-state index in [4.69, 9.17) is 23.2 Å². The number of halogens is 2. The van der Waals surface area contributed by atoms with E-state index in [-0.39, 0.29) is 5.97 Å². The number of hydrogen-bond acceptors (Lipinski definition) is 2. The molecule has 4 heteroatoms. The lowest BCUT2D eigenvalue weighted by Crippen LogP contribution is -2.12. The number of esters is 1. The maximum Gasteiger partial charge on any atom is 0.305 e. The zero-order chi connectivity index (χ0) is 13.1. The number of hydrogen-bond donors (Lipinski definition) is 0. The lowest BCUT2D eigenvalue weighted by Gasteiger charge is -2.18. The van der Waals surface area contributed by atoms with Crippen molar-refractivity contribution in [2.24, 2.45) is 0 Å². The summed E-state index contributed by atoms with van der Waals surface area (Å²) in [6.07, 6.45) is 8.45. The maximum absolute atomic E-state index is 10.9. The molecule has 0 aromatic rings. The molecule has 0 fully saturated rings. The molecule has 0 heterocycles. The largest absolute Gasteiger partial charge is 0.469 e. The summed E-state index contributed by atoms with van der Waals surface area (Å²) in [6.45, 7) is 2.14. The van der Waals surface area contributed by atoms with Gasteiger partial charge in [-0.3, -0.25) is 4.79 Å². The summed E-state index contributed by atoms with van der Waals surface area (Å²) in [4.78, 5) is 10.9. The van der Waals surface area contributed by atoms with Crippen molar-refractivity contribution in [3.8, 4) is 0 Å². The minimum absolute atomic E-state index is 0.128. The first kappa shape index (κ1) is 17.1. The fourth-order valence-corrected chi connectivity index (χ4v) is 2.20. The number of ether oxygens (including phenoxy) is 1. The van der Waals surface area contributed by atoms with Crippen LogP contribution < -0.4 is 0 Å². The Morgan fingerprint density at radius 2 is 1.65 bits per heavy atom. The molecule has 0 saturated heterocycles. The van der Waals surface area contributed by atoms with Crippen LogP contribution in [0.5, 0.6) is 0 Å². The quantitative estimate of drug-likeness (QED) is 0.325. The van der Waals surface area contributed by atoms with Gasteiger partial charge in [-0.25, -0.2) is 0 Å². The fraction of sp³-hybridized carbons (Fsp3) is 0.923. The van der Waals surface area contributed by atoms with Crippen LogP contribution in [0.4, 0.5) is 0 Å². The molecular weight excluding hydrogens is 259 g/mol. The second kappa shape index (κ2) is 10.0. The van der Waals surface area contributed by atoms with E-state index in [1.165, 1.54) is 7.11 Å². The van der Waals surface area contributed by atoms with Gasteiger partial charge in [-0.1, -0.05) is 39.0 Å². The standard InChI is InChI=1S/C13H24Cl2O2/c1-3-4-10-13(14,15)11-8-6-5-7-9-12(16)17-2/h3-11H2,1-2H3. The first-order chi connectivity index (χ1) is 8.02. The molecule has 0 aliphatic carbocycles. The average Bonchev–Trinajstić information content (AvgIpc) is 2.30. The van der Waals surface area contributed by atoms with Gasteiger partial charge in [-0.2, -0.15) is 0 Å². The topological polar surface area (TPSA) is 26.3 Å². The van der Waals surface area contributed by atoms with Crippen molar-refractivity contribution in [2.45, 2.75) is 69.0 Å². The molecule has 0 aromatic heterocycles. The number of carbonyl (C=O) groups excluding carboxylic acids is 1. The van der Waals surface area contributed by atoms with Crippen LogP contribution in [0.1, 0.15) is 64.7 Å². The Hall–Kier alpha value is 0.0500. The van der Waals surface area contributed by atoms with Gasteiger partial charge in [0.1, 0.15) is 4.33 Å². The summed E-state index contributed by atoms with van der Waals surface area (Å²) in [6, 6.07) is 0. The van der Waals surface area contributed by atoms with Crippen LogP contribution in [0.3, 0.4) is 0 Å². The molecule has 0 radical (unpaired) electrons. The Bertz CT molecular complexity index is 206. The second-order valence-corrected chi connectivity index (χ2v) is 6.09. The first-order valence-corrected chi connectivity index (χ1v) is 7.22. The minimum atomic E-state index is -0.557. The molecule has 0 rings (SSSR count). The number of carbonyl (C=O) groups is 1. The predicted molar refractivity (Wildman–Crippen MR) is 73.7 cm³/mol. The lowest BCUT2D eigenvalue weighted by atomic mass is 10.1. The Balaban J connectivity index is 3.41. The molecule has 0 atom stereocenters. The molecule has 0 aliphatic rings. The molecule has 17 heavy (non-hydrogen) atoms. The van der Waals surface area contributed by atoms with Crippen LogP contribution in [0.25, 0.3) is 0 Å². The summed E-state index contributed by atoms with van der Waals surface area (Å²) >= 11 is 12.4. The van der Waals surface area contributed by atoms with Gasteiger partial charge < -0.3 is 4.74 Å². The molecule has 0 aliphatic heterocycles. The van der Waals surface area contributed by atoms with Gasteiger partial charge in [0.2, 0.25) is 0 Å². The van der Waals surface area contributed by atoms with E-state index in [1.54, 1.807) is 0 Å². The van der Waals surface area contributed by atoms with Crippen LogP contribution in [0, 0.1) is 0 Å². The smallest absolute Gasteiger partial charge is 0.305 e. The zero-order valence-electron chi connectivity index (χ0n) is 10.9. The third kappa shape index (κ3) is 10.9. The third-order valence-electron chi connectivity index (χ3n) is 2.80. The predicted octanol–water partition coefficient (Wildman–Crippen LogP) is 4.86. The minimum Gasteiger partial charge on any atom is -0.469 e. The van der Waals surface area contributed by atoms with Crippen molar-refractivity contribution >= 4 is 29.2 Å². The molecule has 2 nitrogen and oxygen atoms in total. The van der Waals surface area contributed by atoms with E-state index in [1.807, 2.05) is 0 Å². The second-order valence-electron chi connectivity index (χ2n) is 4.45. The van der Waals surface area contributed by atoms with Gasteiger partial charge in [0.15, 0.2) is 0 Å². The highest BCUT2D eigenvalue weighted by atomic mass is 35.5. The molecule has 0 N–H and O–H groups in total. The van der Waals surface area contributed by atoms with Gasteiger partial charge in [-0.15, -0.1) is 23.2 Å². The van der Waals surface area contributed by atoms with Crippen LogP contribution in [-0.4, -0.2) is 17.4 Å². The fourth-order valence-electron chi connectivity index (χ4n) is 1.67. The van der Waals surface area contributed by atoms with Gasteiger partial charge in [0.05, 0.1) is 7.11 Å². The van der Waals surface area contributed by atoms with Gasteiger partial charge in [0, 0.05) is 6.42 Å². The summed E-state index contributed by atoms with van der Waals surface area (Å²) in [5, 5.41) is 0. The van der Waals surface area contributed by atoms with Crippen LogP contribution in [0.2, 0.25) is 0 Å².